The van der Waals surface area contributed by atoms with E-state index in [0.717, 1.165) is 18.2 Å². The lowest BCUT2D eigenvalue weighted by Gasteiger charge is -2.13. The van der Waals surface area contributed by atoms with Gasteiger partial charge in [-0.15, -0.1) is 0 Å². The number of ether oxygens (including phenoxy) is 2. The van der Waals surface area contributed by atoms with Gasteiger partial charge in [-0.2, -0.15) is 5.26 Å². The minimum Gasteiger partial charge on any atom is -0.478 e. The number of methoxy groups -OCH3 is 1. The van der Waals surface area contributed by atoms with Crippen molar-refractivity contribution in [1.29, 1.82) is 5.26 Å². The molecule has 0 atom stereocenters. The van der Waals surface area contributed by atoms with Crippen molar-refractivity contribution in [2.75, 3.05) is 13.7 Å². The van der Waals surface area contributed by atoms with Crippen molar-refractivity contribution in [3.05, 3.63) is 112 Å². The molecule has 212 valence electrons. The fourth-order valence-electron chi connectivity index (χ4n) is 4.63. The van der Waals surface area contributed by atoms with Gasteiger partial charge in [0.2, 0.25) is 5.88 Å². The first kappa shape index (κ1) is 28.3. The van der Waals surface area contributed by atoms with Crippen molar-refractivity contribution in [2.45, 2.75) is 19.6 Å². The fourth-order valence-corrected chi connectivity index (χ4v) is 4.63. The number of imidazole rings is 1. The maximum atomic E-state index is 15.5. The molecule has 3 aromatic carbocycles. The van der Waals surface area contributed by atoms with Crippen LogP contribution in [0.2, 0.25) is 0 Å². The van der Waals surface area contributed by atoms with Gasteiger partial charge < -0.3 is 19.1 Å². The summed E-state index contributed by atoms with van der Waals surface area (Å²) in [6.07, 6.45) is 1.19. The Kier molecular flexibility index (Phi) is 8.17. The Morgan fingerprint density at radius 3 is 2.52 bits per heavy atom. The van der Waals surface area contributed by atoms with E-state index in [4.69, 9.17) is 14.7 Å². The van der Waals surface area contributed by atoms with E-state index in [1.807, 2.05) is 6.07 Å². The molecular weight excluding hydrogens is 549 g/mol. The molecule has 0 saturated heterocycles. The molecule has 0 aliphatic carbocycles. The van der Waals surface area contributed by atoms with Gasteiger partial charge in [-0.3, -0.25) is 0 Å². The molecule has 5 aromatic rings. The molecule has 11 heteroatoms. The van der Waals surface area contributed by atoms with E-state index >= 15 is 8.78 Å². The molecule has 0 amide bonds. The van der Waals surface area contributed by atoms with E-state index < -0.39 is 23.4 Å². The summed E-state index contributed by atoms with van der Waals surface area (Å²) in [5.41, 5.74) is 1.23. The maximum Gasteiger partial charge on any atom is 0.337 e. The number of nitriles is 1. The molecule has 1 N–H and O–H groups in total. The maximum absolute atomic E-state index is 15.5. The summed E-state index contributed by atoms with van der Waals surface area (Å²) in [5, 5.41) is 18.5. The Labute approximate surface area is 238 Å². The summed E-state index contributed by atoms with van der Waals surface area (Å²) in [6, 6.07) is 16.0. The number of hydrogen-bond donors (Lipinski definition) is 1. The lowest BCUT2D eigenvalue weighted by molar-refractivity contribution is 0.0699. The number of rotatable bonds is 10. The third-order valence-corrected chi connectivity index (χ3v) is 6.71. The van der Waals surface area contributed by atoms with Gasteiger partial charge in [0, 0.05) is 43.0 Å². The number of nitrogens with zero attached hydrogens (tertiary/aromatic N) is 4. The topological polar surface area (TPSA) is 110 Å². The van der Waals surface area contributed by atoms with Gasteiger partial charge in [0.15, 0.2) is 0 Å². The number of hydrogen-bond acceptors (Lipinski definition) is 6. The molecule has 8 nitrogen and oxygen atoms in total. The fraction of sp³-hybridized carbons (Fsp3) is 0.161. The summed E-state index contributed by atoms with van der Waals surface area (Å²) < 4.78 is 57.9. The highest BCUT2D eigenvalue weighted by Gasteiger charge is 2.21. The van der Waals surface area contributed by atoms with Gasteiger partial charge in [-0.1, -0.05) is 12.1 Å². The number of carboxylic acids is 1. The number of carbonyl (C=O) groups is 1. The minimum absolute atomic E-state index is 0.0220. The van der Waals surface area contributed by atoms with Crippen LogP contribution >= 0.6 is 0 Å². The van der Waals surface area contributed by atoms with Crippen LogP contribution in [-0.2, 0) is 24.3 Å². The molecule has 0 saturated carbocycles. The first-order valence-corrected chi connectivity index (χ1v) is 12.8. The zero-order chi connectivity index (χ0) is 29.8. The first-order valence-electron chi connectivity index (χ1n) is 12.8. The van der Waals surface area contributed by atoms with Gasteiger partial charge in [0.05, 0.1) is 29.3 Å². The van der Waals surface area contributed by atoms with Crippen LogP contribution < -0.4 is 4.74 Å². The molecule has 0 fully saturated rings. The van der Waals surface area contributed by atoms with Crippen molar-refractivity contribution < 1.29 is 32.5 Å². The lowest BCUT2D eigenvalue weighted by atomic mass is 10.0. The third kappa shape index (κ3) is 5.66. The molecule has 0 spiro atoms. The Bertz CT molecular complexity index is 1830. The Hall–Kier alpha value is -5.21. The molecule has 0 aliphatic rings. The molecule has 0 unspecified atom stereocenters. The number of fused-ring (bicyclic) bond motifs is 1. The average molecular weight is 573 g/mol. The number of aromatic nitrogens is 3. The molecule has 42 heavy (non-hydrogen) atoms. The Balaban J connectivity index is 1.47. The van der Waals surface area contributed by atoms with Crippen LogP contribution in [0.4, 0.5) is 13.2 Å². The zero-order valence-corrected chi connectivity index (χ0v) is 22.3. The summed E-state index contributed by atoms with van der Waals surface area (Å²) in [6.45, 7) is 0.347. The van der Waals surface area contributed by atoms with Gasteiger partial charge in [0.1, 0.15) is 35.4 Å². The number of carboxylic acid groups (broad SMARTS) is 1. The van der Waals surface area contributed by atoms with E-state index in [0.29, 0.717) is 12.1 Å². The van der Waals surface area contributed by atoms with Crippen molar-refractivity contribution in [2.24, 2.45) is 0 Å². The highest BCUT2D eigenvalue weighted by Crippen LogP contribution is 2.32. The Morgan fingerprint density at radius 2 is 1.83 bits per heavy atom. The monoisotopic (exact) mass is 572 g/mol. The lowest BCUT2D eigenvalue weighted by Crippen LogP contribution is -2.10. The van der Waals surface area contributed by atoms with Crippen molar-refractivity contribution >= 4 is 17.0 Å². The van der Waals surface area contributed by atoms with Crippen LogP contribution in [0.3, 0.4) is 0 Å². The van der Waals surface area contributed by atoms with Crippen LogP contribution in [0, 0.1) is 28.8 Å². The third-order valence-electron chi connectivity index (χ3n) is 6.71. The quantitative estimate of drug-likeness (QED) is 0.222. The van der Waals surface area contributed by atoms with E-state index in [1.165, 1.54) is 31.5 Å². The number of aromatic carboxylic acids is 1. The van der Waals surface area contributed by atoms with Crippen molar-refractivity contribution in [3.63, 3.8) is 0 Å². The second-order valence-electron chi connectivity index (χ2n) is 9.31. The molecule has 0 aliphatic heterocycles. The number of benzene rings is 3. The second kappa shape index (κ2) is 12.1. The van der Waals surface area contributed by atoms with E-state index in [1.54, 1.807) is 28.8 Å². The summed E-state index contributed by atoms with van der Waals surface area (Å²) in [4.78, 5) is 20.3. The van der Waals surface area contributed by atoms with Crippen molar-refractivity contribution in [1.82, 2.24) is 14.5 Å². The predicted molar refractivity (Wildman–Crippen MR) is 146 cm³/mol. The number of pyridine rings is 1. The van der Waals surface area contributed by atoms with Crippen molar-refractivity contribution in [3.8, 4) is 23.1 Å². The first-order chi connectivity index (χ1) is 20.3. The normalized spacial score (nSPS) is 11.0. The summed E-state index contributed by atoms with van der Waals surface area (Å²) >= 11 is 0. The minimum atomic E-state index is -1.17. The molecular formula is C31H23F3N4O4. The number of halogens is 3. The molecule has 5 rings (SSSR count). The van der Waals surface area contributed by atoms with E-state index in [-0.39, 0.29) is 70.2 Å². The summed E-state index contributed by atoms with van der Waals surface area (Å²) in [5.74, 6) is -3.17. The molecule has 2 heterocycles. The zero-order valence-electron chi connectivity index (χ0n) is 22.3. The van der Waals surface area contributed by atoms with Crippen LogP contribution in [-0.4, -0.2) is 39.3 Å². The smallest absolute Gasteiger partial charge is 0.337 e. The van der Waals surface area contributed by atoms with Crippen LogP contribution in [0.15, 0.2) is 66.9 Å². The average Bonchev–Trinajstić information content (AvgIpc) is 3.34. The molecule has 0 bridgehead atoms. The predicted octanol–water partition coefficient (Wildman–Crippen LogP) is 5.90. The van der Waals surface area contributed by atoms with Gasteiger partial charge >= 0.3 is 5.97 Å². The largest absolute Gasteiger partial charge is 0.478 e. The van der Waals surface area contributed by atoms with Crippen LogP contribution in [0.1, 0.15) is 32.9 Å². The summed E-state index contributed by atoms with van der Waals surface area (Å²) in [7, 11) is 1.51. The van der Waals surface area contributed by atoms with Crippen LogP contribution in [0.25, 0.3) is 22.2 Å². The molecule has 0 radical (unpaired) electrons. The Morgan fingerprint density at radius 1 is 1.05 bits per heavy atom. The highest BCUT2D eigenvalue weighted by molar-refractivity contribution is 6.01. The number of para-hydroxylation sites is 1. The van der Waals surface area contributed by atoms with Crippen LogP contribution in [0.5, 0.6) is 5.88 Å². The van der Waals surface area contributed by atoms with E-state index in [9.17, 15) is 14.3 Å². The van der Waals surface area contributed by atoms with Gasteiger partial charge in [0.25, 0.3) is 0 Å². The standard InChI is InChI=1S/C31H23F3N4O4/c1-41-11-10-38-27-6-2-4-22(31(39)40)29(27)37-28(38)15-23-25(33)13-20(14-26(23)34)21-5-3-9-36-30(21)42-17-19-8-7-18(16-35)12-24(19)32/h2-9,12-14H,10-11,15,17H2,1H3,(H,39,40). The molecule has 2 aromatic heterocycles. The second-order valence-corrected chi connectivity index (χ2v) is 9.31. The van der Waals surface area contributed by atoms with E-state index in [2.05, 4.69) is 9.97 Å². The van der Waals surface area contributed by atoms with Gasteiger partial charge in [-0.05, 0) is 54.1 Å². The highest BCUT2D eigenvalue weighted by atomic mass is 19.1. The SMILES string of the molecule is COCCn1c(Cc2c(F)cc(-c3cccnc3OCc3ccc(C#N)cc3F)cc2F)nc2c(C(=O)O)cccc21. The van der Waals surface area contributed by atoms with Gasteiger partial charge in [-0.25, -0.2) is 27.9 Å².